The Morgan fingerprint density at radius 3 is 2.18 bits per heavy atom. The molecule has 0 fully saturated rings. The van der Waals surface area contributed by atoms with E-state index in [9.17, 15) is 9.59 Å². The van der Waals surface area contributed by atoms with Gasteiger partial charge >= 0.3 is 5.97 Å². The molecule has 0 aromatic rings. The molecule has 0 radical (unpaired) electrons. The second-order valence-corrected chi connectivity index (χ2v) is 5.55. The molecular weight excluding hydrogens is 218 g/mol. The molecule has 0 aliphatic rings. The van der Waals surface area contributed by atoms with E-state index in [0.717, 1.165) is 12.8 Å². The van der Waals surface area contributed by atoms with E-state index in [4.69, 9.17) is 5.11 Å². The van der Waals surface area contributed by atoms with Crippen molar-refractivity contribution in [3.05, 3.63) is 0 Å². The van der Waals surface area contributed by atoms with Crippen molar-refractivity contribution in [2.75, 3.05) is 6.54 Å². The van der Waals surface area contributed by atoms with E-state index in [2.05, 4.69) is 5.32 Å². The van der Waals surface area contributed by atoms with Gasteiger partial charge in [-0.25, -0.2) is 0 Å². The minimum Gasteiger partial charge on any atom is -0.481 e. The van der Waals surface area contributed by atoms with Crippen LogP contribution >= 0.6 is 0 Å². The van der Waals surface area contributed by atoms with Crippen LogP contribution in [0.25, 0.3) is 0 Å². The fraction of sp³-hybridized carbons (Fsp3) is 0.846. The van der Waals surface area contributed by atoms with Crippen LogP contribution in [0.2, 0.25) is 0 Å². The van der Waals surface area contributed by atoms with Gasteiger partial charge in [-0.2, -0.15) is 0 Å². The van der Waals surface area contributed by atoms with Crippen molar-refractivity contribution in [2.45, 2.75) is 47.5 Å². The van der Waals surface area contributed by atoms with Gasteiger partial charge in [-0.15, -0.1) is 0 Å². The van der Waals surface area contributed by atoms with E-state index in [0.29, 0.717) is 0 Å². The molecule has 0 spiro atoms. The van der Waals surface area contributed by atoms with Crippen LogP contribution in [0.15, 0.2) is 0 Å². The molecular formula is C13H25NO3. The molecule has 0 aromatic carbocycles. The normalized spacial score (nSPS) is 13.5. The molecule has 0 aromatic heterocycles. The highest BCUT2D eigenvalue weighted by Gasteiger charge is 2.29. The molecule has 0 aliphatic carbocycles. The van der Waals surface area contributed by atoms with E-state index >= 15 is 0 Å². The van der Waals surface area contributed by atoms with Crippen molar-refractivity contribution in [3.63, 3.8) is 0 Å². The molecule has 100 valence electrons. The van der Waals surface area contributed by atoms with Gasteiger partial charge in [0.15, 0.2) is 0 Å². The number of carbonyl (C=O) groups excluding carboxylic acids is 1. The van der Waals surface area contributed by atoms with Gasteiger partial charge in [0.25, 0.3) is 0 Å². The van der Waals surface area contributed by atoms with Crippen LogP contribution in [0.3, 0.4) is 0 Å². The SMILES string of the molecule is CCCC(C(=O)NCC(C)(C)C(=O)O)C(C)C. The number of carbonyl (C=O) groups is 2. The number of nitrogens with one attached hydrogen (secondary N) is 1. The summed E-state index contributed by atoms with van der Waals surface area (Å²) in [5.41, 5.74) is -0.913. The van der Waals surface area contributed by atoms with Gasteiger partial charge in [0.2, 0.25) is 5.91 Å². The lowest BCUT2D eigenvalue weighted by molar-refractivity contribution is -0.147. The number of hydrogen-bond donors (Lipinski definition) is 2. The van der Waals surface area contributed by atoms with Crippen molar-refractivity contribution in [2.24, 2.45) is 17.3 Å². The molecule has 0 rings (SSSR count). The molecule has 0 heterocycles. The third-order valence-corrected chi connectivity index (χ3v) is 3.02. The summed E-state index contributed by atoms with van der Waals surface area (Å²) < 4.78 is 0. The first-order valence-corrected chi connectivity index (χ1v) is 6.23. The summed E-state index contributed by atoms with van der Waals surface area (Å²) in [7, 11) is 0. The van der Waals surface area contributed by atoms with E-state index < -0.39 is 11.4 Å². The second kappa shape index (κ2) is 6.62. The van der Waals surface area contributed by atoms with Crippen molar-refractivity contribution in [1.82, 2.24) is 5.32 Å². The maximum absolute atomic E-state index is 11.9. The average Bonchev–Trinajstić information content (AvgIpc) is 2.22. The third-order valence-electron chi connectivity index (χ3n) is 3.02. The van der Waals surface area contributed by atoms with Gasteiger partial charge < -0.3 is 10.4 Å². The highest BCUT2D eigenvalue weighted by atomic mass is 16.4. The van der Waals surface area contributed by atoms with Crippen LogP contribution in [0.1, 0.15) is 47.5 Å². The van der Waals surface area contributed by atoms with Gasteiger partial charge in [-0.05, 0) is 26.2 Å². The molecule has 17 heavy (non-hydrogen) atoms. The van der Waals surface area contributed by atoms with Gasteiger partial charge in [-0.1, -0.05) is 27.2 Å². The summed E-state index contributed by atoms with van der Waals surface area (Å²) in [4.78, 5) is 22.9. The number of aliphatic carboxylic acids is 1. The molecule has 1 amide bonds. The maximum atomic E-state index is 11.9. The van der Waals surface area contributed by atoms with Gasteiger partial charge in [0.05, 0.1) is 5.41 Å². The molecule has 2 N–H and O–H groups in total. The average molecular weight is 243 g/mol. The summed E-state index contributed by atoms with van der Waals surface area (Å²) >= 11 is 0. The second-order valence-electron chi connectivity index (χ2n) is 5.55. The lowest BCUT2D eigenvalue weighted by Gasteiger charge is -2.24. The molecule has 4 nitrogen and oxygen atoms in total. The molecule has 0 aliphatic heterocycles. The zero-order valence-electron chi connectivity index (χ0n) is 11.5. The van der Waals surface area contributed by atoms with E-state index in [1.807, 2.05) is 20.8 Å². The topological polar surface area (TPSA) is 66.4 Å². The van der Waals surface area contributed by atoms with Crippen molar-refractivity contribution in [3.8, 4) is 0 Å². The smallest absolute Gasteiger partial charge is 0.310 e. The molecule has 0 saturated heterocycles. The lowest BCUT2D eigenvalue weighted by atomic mass is 9.89. The van der Waals surface area contributed by atoms with Crippen LogP contribution in [0, 0.1) is 17.3 Å². The van der Waals surface area contributed by atoms with Gasteiger partial charge in [-0.3, -0.25) is 9.59 Å². The number of amides is 1. The summed E-state index contributed by atoms with van der Waals surface area (Å²) in [6.07, 6.45) is 1.80. The summed E-state index contributed by atoms with van der Waals surface area (Å²) in [5, 5.41) is 11.7. The fourth-order valence-electron chi connectivity index (χ4n) is 1.59. The standard InChI is InChI=1S/C13H25NO3/c1-6-7-10(9(2)3)11(15)14-8-13(4,5)12(16)17/h9-10H,6-8H2,1-5H3,(H,14,15)(H,16,17). The first-order valence-electron chi connectivity index (χ1n) is 6.23. The van der Waals surface area contributed by atoms with E-state index in [-0.39, 0.29) is 24.3 Å². The van der Waals surface area contributed by atoms with Crippen LogP contribution in [0.5, 0.6) is 0 Å². The zero-order chi connectivity index (χ0) is 13.6. The molecule has 0 bridgehead atoms. The molecule has 1 unspecified atom stereocenters. The summed E-state index contributed by atoms with van der Waals surface area (Å²) in [6.45, 7) is 9.47. The Morgan fingerprint density at radius 2 is 1.82 bits per heavy atom. The number of carboxylic acids is 1. The Labute approximate surface area is 104 Å². The Hall–Kier alpha value is -1.06. The predicted molar refractivity (Wildman–Crippen MR) is 67.7 cm³/mol. The molecule has 4 heteroatoms. The van der Waals surface area contributed by atoms with Crippen molar-refractivity contribution in [1.29, 1.82) is 0 Å². The highest BCUT2D eigenvalue weighted by molar-refractivity contribution is 5.80. The van der Waals surface area contributed by atoms with E-state index in [1.165, 1.54) is 0 Å². The quantitative estimate of drug-likeness (QED) is 0.721. The molecule has 1 atom stereocenters. The third kappa shape index (κ3) is 5.20. The lowest BCUT2D eigenvalue weighted by Crippen LogP contribution is -2.42. The van der Waals surface area contributed by atoms with Crippen LogP contribution in [-0.4, -0.2) is 23.5 Å². The van der Waals surface area contributed by atoms with E-state index in [1.54, 1.807) is 13.8 Å². The number of hydrogen-bond acceptors (Lipinski definition) is 2. The minimum atomic E-state index is -0.913. The Bertz CT molecular complexity index is 272. The van der Waals surface area contributed by atoms with Gasteiger partial charge in [0.1, 0.15) is 0 Å². The molecule has 0 saturated carbocycles. The zero-order valence-corrected chi connectivity index (χ0v) is 11.5. The fourth-order valence-corrected chi connectivity index (χ4v) is 1.59. The summed E-state index contributed by atoms with van der Waals surface area (Å²) in [5.74, 6) is -0.668. The number of rotatable bonds is 7. The minimum absolute atomic E-state index is 0.0235. The van der Waals surface area contributed by atoms with Crippen LogP contribution < -0.4 is 5.32 Å². The predicted octanol–water partition coefficient (Wildman–Crippen LogP) is 2.29. The van der Waals surface area contributed by atoms with Crippen molar-refractivity contribution >= 4 is 11.9 Å². The maximum Gasteiger partial charge on any atom is 0.310 e. The monoisotopic (exact) mass is 243 g/mol. The number of carboxylic acid groups (broad SMARTS) is 1. The van der Waals surface area contributed by atoms with Crippen LogP contribution in [-0.2, 0) is 9.59 Å². The first kappa shape index (κ1) is 15.9. The Kier molecular flexibility index (Phi) is 6.21. The Morgan fingerprint density at radius 1 is 1.29 bits per heavy atom. The summed E-state index contributed by atoms with van der Waals surface area (Å²) in [6, 6.07) is 0. The van der Waals surface area contributed by atoms with Crippen LogP contribution in [0.4, 0.5) is 0 Å². The van der Waals surface area contributed by atoms with Gasteiger partial charge in [0, 0.05) is 12.5 Å². The first-order chi connectivity index (χ1) is 7.72. The Balaban J connectivity index is 4.38. The highest BCUT2D eigenvalue weighted by Crippen LogP contribution is 2.18. The largest absolute Gasteiger partial charge is 0.481 e. The van der Waals surface area contributed by atoms with Crippen molar-refractivity contribution < 1.29 is 14.7 Å².